The number of benzene rings is 1. The van der Waals surface area contributed by atoms with Gasteiger partial charge in [-0.2, -0.15) is 5.10 Å². The van der Waals surface area contributed by atoms with Crippen molar-refractivity contribution in [2.24, 2.45) is 7.05 Å². The second-order valence-electron chi connectivity index (χ2n) is 6.46. The zero-order valence-corrected chi connectivity index (χ0v) is 15.4. The third-order valence-electron chi connectivity index (χ3n) is 4.67. The zero-order chi connectivity index (χ0) is 17.1. The van der Waals surface area contributed by atoms with Crippen molar-refractivity contribution in [3.8, 4) is 0 Å². The van der Waals surface area contributed by atoms with Gasteiger partial charge in [0.05, 0.1) is 6.20 Å². The van der Waals surface area contributed by atoms with Crippen molar-refractivity contribution >= 4 is 23.0 Å². The maximum atomic E-state index is 5.61. The fourth-order valence-corrected chi connectivity index (χ4v) is 3.29. The maximum absolute atomic E-state index is 5.61. The van der Waals surface area contributed by atoms with Crippen molar-refractivity contribution in [3.63, 3.8) is 0 Å². The molecule has 0 spiro atoms. The topological polar surface area (TPSA) is 36.3 Å². The van der Waals surface area contributed by atoms with Gasteiger partial charge < -0.3 is 10.2 Å². The minimum atomic E-state index is 0.824. The molecule has 1 fully saturated rings. The molecule has 1 N–H and O–H groups in total. The lowest BCUT2D eigenvalue weighted by atomic mass is 10.1. The summed E-state index contributed by atoms with van der Waals surface area (Å²) in [6, 6.07) is 6.28. The summed E-state index contributed by atoms with van der Waals surface area (Å²) in [5, 5.41) is 8.47. The van der Waals surface area contributed by atoms with Gasteiger partial charge in [0.15, 0.2) is 5.11 Å². The average molecular weight is 344 g/mol. The number of aromatic nitrogens is 2. The minimum Gasteiger partial charge on any atom is -0.346 e. The van der Waals surface area contributed by atoms with Crippen LogP contribution in [0.3, 0.4) is 0 Å². The van der Waals surface area contributed by atoms with Gasteiger partial charge in [0.25, 0.3) is 0 Å². The highest BCUT2D eigenvalue weighted by Crippen LogP contribution is 2.19. The van der Waals surface area contributed by atoms with Crippen LogP contribution in [-0.2, 0) is 13.6 Å². The predicted molar refractivity (Wildman–Crippen MR) is 102 cm³/mol. The van der Waals surface area contributed by atoms with E-state index in [0.717, 1.165) is 43.5 Å². The van der Waals surface area contributed by atoms with Gasteiger partial charge in [-0.15, -0.1) is 0 Å². The number of nitrogens with one attached hydrogen (secondary N) is 1. The number of thiocarbonyl (C=S) groups is 1. The van der Waals surface area contributed by atoms with Crippen LogP contribution in [0.25, 0.3) is 0 Å². The Bertz CT molecular complexity index is 716. The van der Waals surface area contributed by atoms with Gasteiger partial charge in [0.2, 0.25) is 0 Å². The molecule has 0 saturated carbocycles. The Morgan fingerprint density at radius 1 is 1.21 bits per heavy atom. The molecule has 1 aromatic heterocycles. The Labute approximate surface area is 149 Å². The van der Waals surface area contributed by atoms with Gasteiger partial charge in [0, 0.05) is 57.2 Å². The first kappa shape index (κ1) is 16.9. The van der Waals surface area contributed by atoms with Crippen molar-refractivity contribution in [3.05, 3.63) is 47.3 Å². The molecular weight excluding hydrogens is 318 g/mol. The quantitative estimate of drug-likeness (QED) is 0.867. The molecule has 1 aromatic carbocycles. The van der Waals surface area contributed by atoms with Crippen molar-refractivity contribution in [1.29, 1.82) is 0 Å². The number of anilines is 1. The first-order valence-electron chi connectivity index (χ1n) is 8.35. The van der Waals surface area contributed by atoms with E-state index in [-0.39, 0.29) is 0 Å². The van der Waals surface area contributed by atoms with Crippen LogP contribution in [0, 0.1) is 13.8 Å². The number of hydrogen-bond donors (Lipinski definition) is 1. The Hall–Kier alpha value is -1.92. The van der Waals surface area contributed by atoms with Gasteiger partial charge in [-0.1, -0.05) is 12.1 Å². The van der Waals surface area contributed by atoms with Crippen LogP contribution in [0.4, 0.5) is 5.69 Å². The molecule has 6 heteroatoms. The van der Waals surface area contributed by atoms with E-state index in [1.165, 1.54) is 16.7 Å². The molecule has 2 aromatic rings. The van der Waals surface area contributed by atoms with Crippen LogP contribution in [0.1, 0.15) is 16.7 Å². The number of aryl methyl sites for hydroxylation is 2. The Morgan fingerprint density at radius 2 is 1.96 bits per heavy atom. The van der Waals surface area contributed by atoms with E-state index in [1.54, 1.807) is 0 Å². The Balaban J connectivity index is 1.52. The Kier molecular flexibility index (Phi) is 5.16. The molecule has 0 aliphatic carbocycles. The highest BCUT2D eigenvalue weighted by atomic mass is 32.1. The predicted octanol–water partition coefficient (Wildman–Crippen LogP) is 2.55. The number of nitrogens with zero attached hydrogens (tertiary/aromatic N) is 4. The molecule has 0 amide bonds. The third kappa shape index (κ3) is 3.94. The molecule has 2 heterocycles. The monoisotopic (exact) mass is 343 g/mol. The summed E-state index contributed by atoms with van der Waals surface area (Å²) < 4.78 is 1.86. The summed E-state index contributed by atoms with van der Waals surface area (Å²) >= 11 is 5.61. The molecule has 1 aliphatic rings. The van der Waals surface area contributed by atoms with Crippen LogP contribution in [-0.4, -0.2) is 50.9 Å². The molecule has 0 unspecified atom stereocenters. The highest BCUT2D eigenvalue weighted by molar-refractivity contribution is 7.80. The normalized spacial score (nSPS) is 15.5. The lowest BCUT2D eigenvalue weighted by Crippen LogP contribution is -2.49. The lowest BCUT2D eigenvalue weighted by Gasteiger charge is -2.36. The second kappa shape index (κ2) is 7.32. The van der Waals surface area contributed by atoms with Crippen LogP contribution >= 0.6 is 12.2 Å². The van der Waals surface area contributed by atoms with E-state index in [0.29, 0.717) is 0 Å². The largest absolute Gasteiger partial charge is 0.346 e. The lowest BCUT2D eigenvalue weighted by molar-refractivity contribution is 0.177. The first-order chi connectivity index (χ1) is 11.5. The standard InChI is InChI=1S/C18H25N5S/c1-14-5-4-6-17(15(14)2)20-18(24)23-9-7-22(8-10-23)13-16-11-19-21(3)12-16/h4-6,11-12H,7-10,13H2,1-3H3,(H,20,24). The third-order valence-corrected chi connectivity index (χ3v) is 5.03. The van der Waals surface area contributed by atoms with Crippen molar-refractivity contribution in [2.75, 3.05) is 31.5 Å². The molecule has 5 nitrogen and oxygen atoms in total. The molecular formula is C18H25N5S. The summed E-state index contributed by atoms with van der Waals surface area (Å²) in [7, 11) is 1.96. The van der Waals surface area contributed by atoms with Crippen LogP contribution in [0.2, 0.25) is 0 Å². The fourth-order valence-electron chi connectivity index (χ4n) is 3.00. The van der Waals surface area contributed by atoms with Gasteiger partial charge in [-0.25, -0.2) is 0 Å². The van der Waals surface area contributed by atoms with E-state index in [1.807, 2.05) is 17.9 Å². The van der Waals surface area contributed by atoms with E-state index in [4.69, 9.17) is 12.2 Å². The number of hydrogen-bond acceptors (Lipinski definition) is 3. The van der Waals surface area contributed by atoms with Gasteiger partial charge in [-0.05, 0) is 43.3 Å². The first-order valence-corrected chi connectivity index (χ1v) is 8.76. The van der Waals surface area contributed by atoms with Crippen molar-refractivity contribution < 1.29 is 0 Å². The molecule has 1 saturated heterocycles. The highest BCUT2D eigenvalue weighted by Gasteiger charge is 2.19. The van der Waals surface area contributed by atoms with Crippen LogP contribution in [0.5, 0.6) is 0 Å². The molecule has 128 valence electrons. The maximum Gasteiger partial charge on any atom is 0.173 e. The SMILES string of the molecule is Cc1cccc(NC(=S)N2CCN(Cc3cnn(C)c3)CC2)c1C. The van der Waals surface area contributed by atoms with Crippen molar-refractivity contribution in [1.82, 2.24) is 19.6 Å². The van der Waals surface area contributed by atoms with Gasteiger partial charge in [-0.3, -0.25) is 9.58 Å². The number of rotatable bonds is 3. The van der Waals surface area contributed by atoms with Crippen LogP contribution in [0.15, 0.2) is 30.6 Å². The van der Waals surface area contributed by atoms with E-state index >= 15 is 0 Å². The molecule has 24 heavy (non-hydrogen) atoms. The molecule has 3 rings (SSSR count). The number of piperazine rings is 1. The minimum absolute atomic E-state index is 0.824. The smallest absolute Gasteiger partial charge is 0.173 e. The summed E-state index contributed by atoms with van der Waals surface area (Å²) in [4.78, 5) is 4.71. The molecule has 1 aliphatic heterocycles. The second-order valence-corrected chi connectivity index (χ2v) is 6.85. The molecule has 0 atom stereocenters. The van der Waals surface area contributed by atoms with Gasteiger partial charge in [0.1, 0.15) is 0 Å². The summed E-state index contributed by atoms with van der Waals surface area (Å²) in [5.74, 6) is 0. The summed E-state index contributed by atoms with van der Waals surface area (Å²) in [5.41, 5.74) is 4.92. The van der Waals surface area contributed by atoms with E-state index < -0.39 is 0 Å². The molecule has 0 radical (unpaired) electrons. The van der Waals surface area contributed by atoms with Crippen molar-refractivity contribution in [2.45, 2.75) is 20.4 Å². The average Bonchev–Trinajstić information content (AvgIpc) is 2.97. The van der Waals surface area contributed by atoms with Gasteiger partial charge >= 0.3 is 0 Å². The van der Waals surface area contributed by atoms with E-state index in [9.17, 15) is 0 Å². The molecule has 0 bridgehead atoms. The van der Waals surface area contributed by atoms with Crippen LogP contribution < -0.4 is 5.32 Å². The van der Waals surface area contributed by atoms with E-state index in [2.05, 4.69) is 58.5 Å². The Morgan fingerprint density at radius 3 is 2.62 bits per heavy atom. The zero-order valence-electron chi connectivity index (χ0n) is 14.6. The summed E-state index contributed by atoms with van der Waals surface area (Å²) in [6.45, 7) is 9.16. The summed E-state index contributed by atoms with van der Waals surface area (Å²) in [6.07, 6.45) is 4.03. The fraction of sp³-hybridized carbons (Fsp3) is 0.444.